The fourth-order valence-electron chi connectivity index (χ4n) is 2.15. The Bertz CT molecular complexity index is 906. The van der Waals surface area contributed by atoms with E-state index in [1.165, 1.54) is 6.07 Å². The molecule has 24 heavy (non-hydrogen) atoms. The Morgan fingerprint density at radius 2 is 1.08 bits per heavy atom. The van der Waals surface area contributed by atoms with E-state index in [9.17, 15) is 0 Å². The van der Waals surface area contributed by atoms with Crippen molar-refractivity contribution in [3.05, 3.63) is 83.9 Å². The number of nitriles is 2. The highest BCUT2D eigenvalue weighted by atomic mass is 16.5. The second kappa shape index (κ2) is 7.00. The topological polar surface area (TPSA) is 66.0 Å². The van der Waals surface area contributed by atoms with E-state index >= 15 is 0 Å². The molecule has 3 aromatic rings. The fraction of sp³-hybridized carbons (Fsp3) is 0. The SMILES string of the molecule is N#Cc1cc(C#N)cc(Oc2cccc(Oc3ccccc3)c2)c1. The number of ether oxygens (including phenoxy) is 2. The fourth-order valence-corrected chi connectivity index (χ4v) is 2.15. The molecule has 0 aliphatic rings. The molecule has 0 N–H and O–H groups in total. The lowest BCUT2D eigenvalue weighted by Crippen LogP contribution is -1.89. The average molecular weight is 312 g/mol. The number of benzene rings is 3. The molecule has 114 valence electrons. The highest BCUT2D eigenvalue weighted by Gasteiger charge is 2.05. The van der Waals surface area contributed by atoms with Crippen molar-refractivity contribution < 1.29 is 9.47 Å². The summed E-state index contributed by atoms with van der Waals surface area (Å²) in [4.78, 5) is 0. The summed E-state index contributed by atoms with van der Waals surface area (Å²) in [7, 11) is 0. The van der Waals surface area contributed by atoms with E-state index in [0.29, 0.717) is 28.4 Å². The number of hydrogen-bond donors (Lipinski definition) is 0. The third-order valence-corrected chi connectivity index (χ3v) is 3.18. The van der Waals surface area contributed by atoms with Crippen molar-refractivity contribution in [2.75, 3.05) is 0 Å². The van der Waals surface area contributed by atoms with E-state index in [1.54, 1.807) is 24.3 Å². The summed E-state index contributed by atoms with van der Waals surface area (Å²) in [6, 6.07) is 25.3. The van der Waals surface area contributed by atoms with Gasteiger partial charge in [0.1, 0.15) is 23.0 Å². The molecule has 0 saturated heterocycles. The number of rotatable bonds is 4. The van der Waals surface area contributed by atoms with Crippen LogP contribution in [0.15, 0.2) is 72.8 Å². The van der Waals surface area contributed by atoms with Gasteiger partial charge in [-0.1, -0.05) is 24.3 Å². The molecule has 4 heteroatoms. The molecule has 0 bridgehead atoms. The van der Waals surface area contributed by atoms with E-state index < -0.39 is 0 Å². The summed E-state index contributed by atoms with van der Waals surface area (Å²) in [5, 5.41) is 18.0. The van der Waals surface area contributed by atoms with Crippen LogP contribution < -0.4 is 9.47 Å². The van der Waals surface area contributed by atoms with Crippen molar-refractivity contribution in [2.24, 2.45) is 0 Å². The molecule has 3 aromatic carbocycles. The maximum absolute atomic E-state index is 9.02. The highest BCUT2D eigenvalue weighted by Crippen LogP contribution is 2.29. The largest absolute Gasteiger partial charge is 0.457 e. The van der Waals surface area contributed by atoms with Crippen LogP contribution in [-0.2, 0) is 0 Å². The molecule has 0 aliphatic heterocycles. The average Bonchev–Trinajstić information content (AvgIpc) is 2.62. The minimum absolute atomic E-state index is 0.376. The van der Waals surface area contributed by atoms with Gasteiger partial charge in [0.15, 0.2) is 0 Å². The van der Waals surface area contributed by atoms with E-state index in [-0.39, 0.29) is 0 Å². The zero-order chi connectivity index (χ0) is 16.8. The van der Waals surface area contributed by atoms with Crippen LogP contribution in [0.2, 0.25) is 0 Å². The lowest BCUT2D eigenvalue weighted by Gasteiger charge is -2.09. The molecule has 0 amide bonds. The molecular formula is C20H12N2O2. The Labute approximate surface area is 139 Å². The zero-order valence-electron chi connectivity index (χ0n) is 12.6. The molecule has 0 unspecified atom stereocenters. The van der Waals surface area contributed by atoms with Crippen molar-refractivity contribution >= 4 is 0 Å². The van der Waals surface area contributed by atoms with Crippen LogP contribution in [0.25, 0.3) is 0 Å². The van der Waals surface area contributed by atoms with Gasteiger partial charge < -0.3 is 9.47 Å². The van der Waals surface area contributed by atoms with Crippen molar-refractivity contribution in [1.29, 1.82) is 10.5 Å². The van der Waals surface area contributed by atoms with Crippen molar-refractivity contribution in [3.63, 3.8) is 0 Å². The van der Waals surface area contributed by atoms with Gasteiger partial charge in [0.2, 0.25) is 0 Å². The Morgan fingerprint density at radius 3 is 1.67 bits per heavy atom. The van der Waals surface area contributed by atoms with Crippen molar-refractivity contribution in [1.82, 2.24) is 0 Å². The van der Waals surface area contributed by atoms with E-state index in [4.69, 9.17) is 20.0 Å². The van der Waals surface area contributed by atoms with Crippen LogP contribution in [0.1, 0.15) is 11.1 Å². The number of hydrogen-bond acceptors (Lipinski definition) is 4. The summed E-state index contributed by atoms with van der Waals surface area (Å²) in [6.45, 7) is 0. The molecule has 0 radical (unpaired) electrons. The van der Waals surface area contributed by atoms with Crippen LogP contribution in [0, 0.1) is 22.7 Å². The van der Waals surface area contributed by atoms with Crippen LogP contribution in [0.4, 0.5) is 0 Å². The first kappa shape index (κ1) is 15.1. The molecule has 4 nitrogen and oxygen atoms in total. The predicted molar refractivity (Wildman–Crippen MR) is 88.9 cm³/mol. The summed E-state index contributed by atoms with van der Waals surface area (Å²) >= 11 is 0. The van der Waals surface area contributed by atoms with Gasteiger partial charge in [-0.2, -0.15) is 10.5 Å². The molecule has 0 heterocycles. The molecule has 0 aromatic heterocycles. The number of nitrogens with zero attached hydrogens (tertiary/aromatic N) is 2. The van der Waals surface area contributed by atoms with E-state index in [1.807, 2.05) is 54.6 Å². The van der Waals surface area contributed by atoms with Gasteiger partial charge in [0.25, 0.3) is 0 Å². The molecule has 0 saturated carbocycles. The third kappa shape index (κ3) is 3.71. The highest BCUT2D eigenvalue weighted by molar-refractivity contribution is 5.47. The van der Waals surface area contributed by atoms with Gasteiger partial charge in [-0.05, 0) is 42.5 Å². The standard InChI is InChI=1S/C20H12N2O2/c21-13-15-9-16(14-22)11-20(10-15)24-19-8-4-7-18(12-19)23-17-5-2-1-3-6-17/h1-12H. The van der Waals surface area contributed by atoms with Crippen LogP contribution in [0.5, 0.6) is 23.0 Å². The van der Waals surface area contributed by atoms with E-state index in [0.717, 1.165) is 5.75 Å². The van der Waals surface area contributed by atoms with Gasteiger partial charge in [-0.25, -0.2) is 0 Å². The second-order valence-corrected chi connectivity index (χ2v) is 4.96. The van der Waals surface area contributed by atoms with Crippen molar-refractivity contribution in [2.45, 2.75) is 0 Å². The molecule has 0 spiro atoms. The van der Waals surface area contributed by atoms with Gasteiger partial charge in [-0.15, -0.1) is 0 Å². The molecule has 3 rings (SSSR count). The first-order valence-corrected chi connectivity index (χ1v) is 7.23. The second-order valence-electron chi connectivity index (χ2n) is 4.96. The van der Waals surface area contributed by atoms with Gasteiger partial charge in [0, 0.05) is 6.07 Å². The van der Waals surface area contributed by atoms with E-state index in [2.05, 4.69) is 0 Å². The molecule has 0 fully saturated rings. The van der Waals surface area contributed by atoms with Gasteiger partial charge in [-0.3, -0.25) is 0 Å². The Morgan fingerprint density at radius 1 is 0.542 bits per heavy atom. The lowest BCUT2D eigenvalue weighted by atomic mass is 10.1. The predicted octanol–water partition coefficient (Wildman–Crippen LogP) is 5.01. The normalized spacial score (nSPS) is 9.58. The summed E-state index contributed by atoms with van der Waals surface area (Å²) in [5.41, 5.74) is 0.751. The van der Waals surface area contributed by atoms with Crippen molar-refractivity contribution in [3.8, 4) is 35.1 Å². The Balaban J connectivity index is 1.83. The minimum atomic E-state index is 0.376. The monoisotopic (exact) mass is 312 g/mol. The smallest absolute Gasteiger partial charge is 0.131 e. The third-order valence-electron chi connectivity index (χ3n) is 3.18. The molecule has 0 atom stereocenters. The lowest BCUT2D eigenvalue weighted by molar-refractivity contribution is 0.460. The molecular weight excluding hydrogens is 300 g/mol. The van der Waals surface area contributed by atoms with Gasteiger partial charge in [0.05, 0.1) is 23.3 Å². The van der Waals surface area contributed by atoms with Crippen LogP contribution in [-0.4, -0.2) is 0 Å². The van der Waals surface area contributed by atoms with Crippen LogP contribution in [0.3, 0.4) is 0 Å². The summed E-state index contributed by atoms with van der Waals surface area (Å²) in [5.74, 6) is 2.36. The maximum Gasteiger partial charge on any atom is 0.131 e. The zero-order valence-corrected chi connectivity index (χ0v) is 12.6. The molecule has 0 aliphatic carbocycles. The number of para-hydroxylation sites is 1. The summed E-state index contributed by atoms with van der Waals surface area (Å²) < 4.78 is 11.5. The first-order valence-electron chi connectivity index (χ1n) is 7.23. The Kier molecular flexibility index (Phi) is 4.42. The van der Waals surface area contributed by atoms with Gasteiger partial charge >= 0.3 is 0 Å². The minimum Gasteiger partial charge on any atom is -0.457 e. The summed E-state index contributed by atoms with van der Waals surface area (Å²) in [6.07, 6.45) is 0. The van der Waals surface area contributed by atoms with Crippen LogP contribution >= 0.6 is 0 Å². The Hall–Kier alpha value is -3.76. The maximum atomic E-state index is 9.02. The first-order chi connectivity index (χ1) is 11.8. The quantitative estimate of drug-likeness (QED) is 0.679.